The van der Waals surface area contributed by atoms with E-state index in [0.717, 1.165) is 51.3 Å². The lowest BCUT2D eigenvalue weighted by atomic mass is 10.00. The molecule has 0 radical (unpaired) electrons. The predicted molar refractivity (Wildman–Crippen MR) is 82.3 cm³/mol. The first kappa shape index (κ1) is 14.5. The van der Waals surface area contributed by atoms with Crippen LogP contribution in [0.4, 0.5) is 11.4 Å². The number of hydrogen-bond acceptors (Lipinski definition) is 6. The van der Waals surface area contributed by atoms with Crippen molar-refractivity contribution < 1.29 is 14.6 Å². The molecule has 0 unspecified atom stereocenters. The average molecular weight is 318 g/mol. The van der Waals surface area contributed by atoms with Gasteiger partial charge in [0.25, 0.3) is 5.69 Å². The van der Waals surface area contributed by atoms with Crippen LogP contribution in [0.3, 0.4) is 0 Å². The number of hydrogen-bond donors (Lipinski definition) is 1. The highest BCUT2D eigenvalue weighted by Crippen LogP contribution is 2.41. The summed E-state index contributed by atoms with van der Waals surface area (Å²) < 4.78 is 5.51. The number of quaternary nitrogens is 1. The van der Waals surface area contributed by atoms with E-state index in [2.05, 4.69) is 10.3 Å². The molecule has 0 amide bonds. The maximum atomic E-state index is 10.9. The van der Waals surface area contributed by atoms with Crippen molar-refractivity contribution in [3.8, 4) is 0 Å². The molecule has 1 aromatic carbocycles. The quantitative estimate of drug-likeness (QED) is 0.664. The zero-order chi connectivity index (χ0) is 15.9. The minimum atomic E-state index is -0.378. The molecule has 0 bridgehead atoms. The van der Waals surface area contributed by atoms with Crippen LogP contribution in [0, 0.1) is 10.1 Å². The number of nitrogens with zero attached hydrogens (tertiary/aromatic N) is 4. The maximum absolute atomic E-state index is 10.9. The van der Waals surface area contributed by atoms with Crippen LogP contribution in [0.25, 0.3) is 0 Å². The molecule has 4 rings (SSSR count). The molecule has 1 aliphatic carbocycles. The number of benzene rings is 1. The zero-order valence-corrected chi connectivity index (χ0v) is 12.9. The second kappa shape index (κ2) is 5.54. The largest absolute Gasteiger partial charge is 0.370 e. The van der Waals surface area contributed by atoms with Crippen molar-refractivity contribution in [3.05, 3.63) is 34.4 Å². The van der Waals surface area contributed by atoms with Crippen LogP contribution in [-0.2, 0) is 4.74 Å². The molecule has 2 aliphatic heterocycles. The van der Waals surface area contributed by atoms with Gasteiger partial charge in [0.15, 0.2) is 0 Å². The van der Waals surface area contributed by atoms with E-state index >= 15 is 0 Å². The number of nitrogens with one attached hydrogen (secondary N) is 1. The Kier molecular flexibility index (Phi) is 3.50. The highest BCUT2D eigenvalue weighted by atomic mass is 16.6. The maximum Gasteiger partial charge on any atom is 0.269 e. The lowest BCUT2D eigenvalue weighted by molar-refractivity contribution is -0.958. The first-order valence-corrected chi connectivity index (χ1v) is 8.10. The Labute approximate surface area is 133 Å². The second-order valence-electron chi connectivity index (χ2n) is 6.34. The number of rotatable bonds is 3. The topological polar surface area (TPSA) is 84.8 Å². The number of anilines is 1. The van der Waals surface area contributed by atoms with Crippen LogP contribution in [-0.4, -0.2) is 42.9 Å². The molecule has 2 fully saturated rings. The molecule has 0 spiro atoms. The van der Waals surface area contributed by atoms with E-state index in [1.807, 2.05) is 5.01 Å². The molecular weight excluding hydrogens is 298 g/mol. The van der Waals surface area contributed by atoms with Crippen LogP contribution in [0.1, 0.15) is 19.3 Å². The molecule has 1 saturated carbocycles. The number of morpholine rings is 1. The summed E-state index contributed by atoms with van der Waals surface area (Å²) in [5.74, 6) is 0. The van der Waals surface area contributed by atoms with Gasteiger partial charge in [-0.1, -0.05) is 5.22 Å². The molecule has 2 atom stereocenters. The SMILES string of the molecule is O=[N+]([O-])c1ccc(N2N=N[C@H]3CCC[C@@]32[NH+]2CCOCC2)cc1. The van der Waals surface area contributed by atoms with Gasteiger partial charge in [-0.15, -0.1) is 0 Å². The number of fused-ring (bicyclic) bond motifs is 1. The van der Waals surface area contributed by atoms with Gasteiger partial charge in [-0.3, -0.25) is 10.1 Å². The summed E-state index contributed by atoms with van der Waals surface area (Å²) in [6.07, 6.45) is 3.23. The van der Waals surface area contributed by atoms with E-state index in [4.69, 9.17) is 4.74 Å². The smallest absolute Gasteiger partial charge is 0.269 e. The normalized spacial score (nSPS) is 30.6. The Morgan fingerprint density at radius 1 is 1.30 bits per heavy atom. The van der Waals surface area contributed by atoms with E-state index < -0.39 is 0 Å². The van der Waals surface area contributed by atoms with Gasteiger partial charge in [-0.2, -0.15) is 10.1 Å². The Hall–Kier alpha value is -2.06. The molecule has 1 N–H and O–H groups in total. The average Bonchev–Trinajstić information content (AvgIpc) is 3.15. The number of ether oxygens (including phenoxy) is 1. The van der Waals surface area contributed by atoms with Crippen molar-refractivity contribution >= 4 is 11.4 Å². The lowest BCUT2D eigenvalue weighted by Gasteiger charge is -2.43. The summed E-state index contributed by atoms with van der Waals surface area (Å²) in [7, 11) is 0. The van der Waals surface area contributed by atoms with Crippen LogP contribution < -0.4 is 9.91 Å². The number of nitro benzene ring substituents is 1. The van der Waals surface area contributed by atoms with Crippen molar-refractivity contribution in [1.82, 2.24) is 0 Å². The van der Waals surface area contributed by atoms with Gasteiger partial charge >= 0.3 is 0 Å². The first-order chi connectivity index (χ1) is 11.2. The predicted octanol–water partition coefficient (Wildman–Crippen LogP) is 0.946. The summed E-state index contributed by atoms with van der Waals surface area (Å²) in [5, 5.41) is 21.8. The highest BCUT2D eigenvalue weighted by Gasteiger charge is 2.60. The monoisotopic (exact) mass is 318 g/mol. The van der Waals surface area contributed by atoms with E-state index in [9.17, 15) is 10.1 Å². The summed E-state index contributed by atoms with van der Waals surface area (Å²) in [6, 6.07) is 6.83. The Morgan fingerprint density at radius 3 is 2.74 bits per heavy atom. The van der Waals surface area contributed by atoms with Gasteiger partial charge in [-0.05, 0) is 25.0 Å². The fourth-order valence-electron chi connectivity index (χ4n) is 4.17. The molecule has 8 nitrogen and oxygen atoms in total. The summed E-state index contributed by atoms with van der Waals surface area (Å²) in [4.78, 5) is 11.9. The molecule has 1 saturated heterocycles. The molecule has 1 aromatic rings. The minimum Gasteiger partial charge on any atom is -0.370 e. The third kappa shape index (κ3) is 2.21. The van der Waals surface area contributed by atoms with E-state index in [-0.39, 0.29) is 22.3 Å². The third-order valence-corrected chi connectivity index (χ3v) is 5.26. The molecule has 2 heterocycles. The fourth-order valence-corrected chi connectivity index (χ4v) is 4.17. The number of nitro groups is 1. The third-order valence-electron chi connectivity index (χ3n) is 5.26. The van der Waals surface area contributed by atoms with Gasteiger partial charge in [0.2, 0.25) is 5.66 Å². The second-order valence-corrected chi connectivity index (χ2v) is 6.34. The molecule has 0 aromatic heterocycles. The fraction of sp³-hybridized carbons (Fsp3) is 0.600. The Balaban J connectivity index is 1.68. The van der Waals surface area contributed by atoms with Crippen molar-refractivity contribution in [2.24, 2.45) is 10.3 Å². The first-order valence-electron chi connectivity index (χ1n) is 8.10. The van der Waals surface area contributed by atoms with Gasteiger partial charge in [0.1, 0.15) is 19.1 Å². The van der Waals surface area contributed by atoms with E-state index in [0.29, 0.717) is 0 Å². The van der Waals surface area contributed by atoms with Gasteiger partial charge in [-0.25, -0.2) is 0 Å². The standard InChI is InChI=1S/C15H19N5O3/c21-20(22)13-5-3-12(4-6-13)19-15(18-8-10-23-11-9-18)7-1-2-14(15)16-17-19/h3-6,14H,1-2,7-11H2/p+1/t14-,15-/m0/s1. The Morgan fingerprint density at radius 2 is 2.04 bits per heavy atom. The van der Waals surface area contributed by atoms with Gasteiger partial charge < -0.3 is 9.64 Å². The van der Waals surface area contributed by atoms with Crippen molar-refractivity contribution in [2.75, 3.05) is 31.3 Å². The van der Waals surface area contributed by atoms with Gasteiger partial charge in [0.05, 0.1) is 23.8 Å². The summed E-state index contributed by atoms with van der Waals surface area (Å²) in [6.45, 7) is 3.42. The highest BCUT2D eigenvalue weighted by molar-refractivity contribution is 5.52. The van der Waals surface area contributed by atoms with Crippen molar-refractivity contribution in [3.63, 3.8) is 0 Å². The van der Waals surface area contributed by atoms with Crippen LogP contribution >= 0.6 is 0 Å². The summed E-state index contributed by atoms with van der Waals surface area (Å²) >= 11 is 0. The molecule has 3 aliphatic rings. The van der Waals surface area contributed by atoms with Crippen LogP contribution in [0.15, 0.2) is 34.6 Å². The number of non-ortho nitro benzene ring substituents is 1. The minimum absolute atomic E-state index is 0.0978. The summed E-state index contributed by atoms with van der Waals surface area (Å²) in [5.41, 5.74) is 0.822. The van der Waals surface area contributed by atoms with Crippen molar-refractivity contribution in [1.29, 1.82) is 0 Å². The van der Waals surface area contributed by atoms with Crippen LogP contribution in [0.2, 0.25) is 0 Å². The molecule has 122 valence electrons. The van der Waals surface area contributed by atoms with Crippen LogP contribution in [0.5, 0.6) is 0 Å². The van der Waals surface area contributed by atoms with Gasteiger partial charge in [0, 0.05) is 18.6 Å². The van der Waals surface area contributed by atoms with E-state index in [1.54, 1.807) is 12.1 Å². The molecule has 8 heteroatoms. The molecular formula is C15H20N5O3+. The zero-order valence-electron chi connectivity index (χ0n) is 12.9. The lowest BCUT2D eigenvalue weighted by Crippen LogP contribution is -3.24. The van der Waals surface area contributed by atoms with E-state index in [1.165, 1.54) is 17.0 Å². The Bertz CT molecular complexity index is 629. The van der Waals surface area contributed by atoms with Crippen molar-refractivity contribution in [2.45, 2.75) is 31.0 Å². The molecule has 23 heavy (non-hydrogen) atoms.